The lowest BCUT2D eigenvalue weighted by Gasteiger charge is -2.19. The van der Waals surface area contributed by atoms with Gasteiger partial charge in [-0.3, -0.25) is 9.69 Å². The van der Waals surface area contributed by atoms with Crippen molar-refractivity contribution in [3.05, 3.63) is 29.4 Å². The predicted molar refractivity (Wildman–Crippen MR) is 95.9 cm³/mol. The SMILES string of the molecule is C[C@H]1COC(=O)N1c1cc(Cl)c2cnc(NC(=O)C3CC3C#N)cc2c1. The Morgan fingerprint density at radius 2 is 2.27 bits per heavy atom. The van der Waals surface area contributed by atoms with Crippen LogP contribution in [0.25, 0.3) is 10.8 Å². The second-order valence-corrected chi connectivity index (χ2v) is 6.99. The standard InChI is InChI=1S/C18H15ClN4O3/c1-9-8-26-18(25)23(9)12-2-10-4-16(21-7-14(10)15(19)5-12)22-17(24)13-3-11(13)6-20/h2,4-5,7,9,11,13H,3,8H2,1H3,(H,21,22,24)/t9-,11?,13?/m0/s1. The first-order chi connectivity index (χ1) is 12.5. The predicted octanol–water partition coefficient (Wildman–Crippen LogP) is 3.33. The third-order valence-electron chi connectivity index (χ3n) is 4.68. The van der Waals surface area contributed by atoms with Crippen LogP contribution in [0.1, 0.15) is 13.3 Å². The molecule has 0 radical (unpaired) electrons. The number of benzene rings is 1. The molecule has 2 heterocycles. The van der Waals surface area contributed by atoms with E-state index in [9.17, 15) is 9.59 Å². The summed E-state index contributed by atoms with van der Waals surface area (Å²) in [6, 6.07) is 7.23. The highest BCUT2D eigenvalue weighted by Crippen LogP contribution is 2.39. The van der Waals surface area contributed by atoms with Crippen LogP contribution in [-0.2, 0) is 9.53 Å². The zero-order valence-electron chi connectivity index (χ0n) is 13.9. The third kappa shape index (κ3) is 2.82. The molecule has 1 saturated heterocycles. The van der Waals surface area contributed by atoms with Crippen LogP contribution in [0.2, 0.25) is 5.02 Å². The minimum atomic E-state index is -0.410. The highest BCUT2D eigenvalue weighted by atomic mass is 35.5. The molecule has 26 heavy (non-hydrogen) atoms. The molecule has 4 rings (SSSR count). The lowest BCUT2D eigenvalue weighted by Crippen LogP contribution is -2.30. The molecule has 1 aromatic carbocycles. The molecule has 2 aliphatic rings. The van der Waals surface area contributed by atoms with Crippen LogP contribution in [0, 0.1) is 23.2 Å². The van der Waals surface area contributed by atoms with Crippen molar-refractivity contribution in [1.82, 2.24) is 4.98 Å². The molecule has 1 N–H and O–H groups in total. The number of hydrogen-bond acceptors (Lipinski definition) is 5. The van der Waals surface area contributed by atoms with E-state index in [1.165, 1.54) is 0 Å². The second-order valence-electron chi connectivity index (χ2n) is 6.58. The fourth-order valence-electron chi connectivity index (χ4n) is 3.13. The molecular formula is C18H15ClN4O3. The Kier molecular flexibility index (Phi) is 3.93. The van der Waals surface area contributed by atoms with Gasteiger partial charge in [0.15, 0.2) is 0 Å². The number of carbonyl (C=O) groups is 2. The smallest absolute Gasteiger partial charge is 0.414 e. The number of amides is 2. The summed E-state index contributed by atoms with van der Waals surface area (Å²) >= 11 is 6.35. The van der Waals surface area contributed by atoms with Crippen molar-refractivity contribution >= 4 is 45.9 Å². The number of nitrogens with zero attached hydrogens (tertiary/aromatic N) is 3. The third-order valence-corrected chi connectivity index (χ3v) is 4.99. The van der Waals surface area contributed by atoms with E-state index in [2.05, 4.69) is 16.4 Å². The van der Waals surface area contributed by atoms with Gasteiger partial charge in [-0.1, -0.05) is 11.6 Å². The van der Waals surface area contributed by atoms with Gasteiger partial charge < -0.3 is 10.1 Å². The van der Waals surface area contributed by atoms with Gasteiger partial charge in [0.2, 0.25) is 5.91 Å². The van der Waals surface area contributed by atoms with E-state index in [-0.39, 0.29) is 23.8 Å². The van der Waals surface area contributed by atoms with Crippen LogP contribution in [0.15, 0.2) is 24.4 Å². The Bertz CT molecular complexity index is 971. The summed E-state index contributed by atoms with van der Waals surface area (Å²) in [5.74, 6) is -0.300. The molecule has 1 aliphatic heterocycles. The second kappa shape index (κ2) is 6.15. The maximum atomic E-state index is 12.1. The number of rotatable bonds is 3. The van der Waals surface area contributed by atoms with E-state index in [0.29, 0.717) is 29.6 Å². The number of fused-ring (bicyclic) bond motifs is 1. The quantitative estimate of drug-likeness (QED) is 0.894. The van der Waals surface area contributed by atoms with E-state index < -0.39 is 6.09 Å². The lowest BCUT2D eigenvalue weighted by atomic mass is 10.1. The molecular weight excluding hydrogens is 356 g/mol. The van der Waals surface area contributed by atoms with Crippen molar-refractivity contribution in [2.24, 2.45) is 11.8 Å². The molecule has 7 nitrogen and oxygen atoms in total. The first kappa shape index (κ1) is 16.6. The Labute approximate surface area is 154 Å². The molecule has 2 aromatic rings. The molecule has 2 amide bonds. The van der Waals surface area contributed by atoms with Gasteiger partial charge in [-0.25, -0.2) is 9.78 Å². The minimum absolute atomic E-state index is 0.0881. The number of halogens is 1. The molecule has 2 fully saturated rings. The number of pyridine rings is 1. The summed E-state index contributed by atoms with van der Waals surface area (Å²) in [7, 11) is 0. The van der Waals surface area contributed by atoms with Crippen molar-refractivity contribution in [1.29, 1.82) is 5.26 Å². The number of hydrogen-bond donors (Lipinski definition) is 1. The number of ether oxygens (including phenoxy) is 1. The maximum absolute atomic E-state index is 12.1. The van der Waals surface area contributed by atoms with Crippen molar-refractivity contribution in [3.8, 4) is 6.07 Å². The molecule has 8 heteroatoms. The van der Waals surface area contributed by atoms with Crippen LogP contribution in [0.4, 0.5) is 16.3 Å². The van der Waals surface area contributed by atoms with Gasteiger partial charge in [-0.15, -0.1) is 0 Å². The fourth-order valence-corrected chi connectivity index (χ4v) is 3.40. The lowest BCUT2D eigenvalue weighted by molar-refractivity contribution is -0.117. The van der Waals surface area contributed by atoms with E-state index in [1.54, 1.807) is 23.2 Å². The Morgan fingerprint density at radius 1 is 1.46 bits per heavy atom. The van der Waals surface area contributed by atoms with E-state index in [0.717, 1.165) is 10.8 Å². The van der Waals surface area contributed by atoms with Crippen molar-refractivity contribution in [2.45, 2.75) is 19.4 Å². The number of aromatic nitrogens is 1. The van der Waals surface area contributed by atoms with Gasteiger partial charge in [0.05, 0.1) is 29.0 Å². The van der Waals surface area contributed by atoms with Gasteiger partial charge in [0, 0.05) is 17.3 Å². The van der Waals surface area contributed by atoms with E-state index in [4.69, 9.17) is 21.6 Å². The number of nitrogens with one attached hydrogen (secondary N) is 1. The summed E-state index contributed by atoms with van der Waals surface area (Å²) < 4.78 is 5.06. The van der Waals surface area contributed by atoms with Crippen LogP contribution in [0.5, 0.6) is 0 Å². The molecule has 3 atom stereocenters. The Hall–Kier alpha value is -2.85. The molecule has 1 aromatic heterocycles. The van der Waals surface area contributed by atoms with Crippen LogP contribution in [0.3, 0.4) is 0 Å². The molecule has 2 unspecified atom stereocenters. The van der Waals surface area contributed by atoms with Crippen LogP contribution in [-0.4, -0.2) is 29.6 Å². The van der Waals surface area contributed by atoms with Gasteiger partial charge in [-0.2, -0.15) is 5.26 Å². The number of carbonyl (C=O) groups excluding carboxylic acids is 2. The van der Waals surface area contributed by atoms with E-state index >= 15 is 0 Å². The van der Waals surface area contributed by atoms with Crippen LogP contribution < -0.4 is 10.2 Å². The zero-order valence-corrected chi connectivity index (χ0v) is 14.7. The maximum Gasteiger partial charge on any atom is 0.414 e. The summed E-state index contributed by atoms with van der Waals surface area (Å²) in [5, 5.41) is 13.5. The van der Waals surface area contributed by atoms with Crippen molar-refractivity contribution in [2.75, 3.05) is 16.8 Å². The molecule has 1 saturated carbocycles. The normalized spacial score (nSPS) is 24.3. The number of cyclic esters (lactones) is 1. The summed E-state index contributed by atoms with van der Waals surface area (Å²) in [5.41, 5.74) is 0.632. The van der Waals surface area contributed by atoms with Gasteiger partial charge in [-0.05, 0) is 36.9 Å². The monoisotopic (exact) mass is 370 g/mol. The molecule has 132 valence electrons. The zero-order chi connectivity index (χ0) is 18.4. The van der Waals surface area contributed by atoms with Gasteiger partial charge in [0.25, 0.3) is 0 Å². The minimum Gasteiger partial charge on any atom is -0.447 e. The first-order valence-corrected chi connectivity index (χ1v) is 8.61. The highest BCUT2D eigenvalue weighted by Gasteiger charge is 2.43. The fraction of sp³-hybridized carbons (Fsp3) is 0.333. The number of anilines is 2. The van der Waals surface area contributed by atoms with Gasteiger partial charge in [0.1, 0.15) is 12.4 Å². The van der Waals surface area contributed by atoms with E-state index in [1.807, 2.05) is 13.0 Å². The number of nitriles is 1. The Balaban J connectivity index is 1.65. The summed E-state index contributed by atoms with van der Waals surface area (Å²) in [6.45, 7) is 2.22. The largest absolute Gasteiger partial charge is 0.447 e. The van der Waals surface area contributed by atoms with Crippen molar-refractivity contribution in [3.63, 3.8) is 0 Å². The summed E-state index contributed by atoms with van der Waals surface area (Å²) in [4.78, 5) is 29.8. The topological polar surface area (TPSA) is 95.3 Å². The average molecular weight is 371 g/mol. The Morgan fingerprint density at radius 3 is 2.92 bits per heavy atom. The summed E-state index contributed by atoms with van der Waals surface area (Å²) in [6.07, 6.45) is 1.75. The molecule has 1 aliphatic carbocycles. The first-order valence-electron chi connectivity index (χ1n) is 8.23. The molecule has 0 bridgehead atoms. The van der Waals surface area contributed by atoms with Crippen LogP contribution >= 0.6 is 11.6 Å². The molecule has 0 spiro atoms. The van der Waals surface area contributed by atoms with Crippen molar-refractivity contribution < 1.29 is 14.3 Å². The average Bonchev–Trinajstić information content (AvgIpc) is 3.33. The van der Waals surface area contributed by atoms with Gasteiger partial charge >= 0.3 is 6.09 Å². The highest BCUT2D eigenvalue weighted by molar-refractivity contribution is 6.36.